The van der Waals surface area contributed by atoms with Gasteiger partial charge in [0.2, 0.25) is 0 Å². The van der Waals surface area contributed by atoms with Crippen LogP contribution in [0.25, 0.3) is 60.1 Å². The van der Waals surface area contributed by atoms with E-state index in [0.29, 0.717) is 0 Å². The van der Waals surface area contributed by atoms with E-state index in [1.165, 1.54) is 92.9 Å². The maximum atomic E-state index is 4.42. The highest BCUT2D eigenvalue weighted by molar-refractivity contribution is 8.32. The molecule has 0 saturated heterocycles. The maximum Gasteiger partial charge on any atom is 0.0713 e. The largest absolute Gasteiger partial charge is 0.223 e. The standard InChI is InChI=1S/C53H44S/c1-6-19-48-41(7-2)47-35-38(31-33-49(47)53(48,39-21-10-8-11-22-39)40-23-12-9-13-24-40)52-45-27-16-14-25-43(45)51(44-26-15-17-28-46(44)52)37-30-32-42-36(34-37)20-18-29-50(42)54(3,4)5/h6-35H,2H2,1,3-5H3/b19-6-. The Bertz CT molecular complexity index is 2710. The van der Waals surface area contributed by atoms with E-state index in [4.69, 9.17) is 0 Å². The molecule has 0 atom stereocenters. The fourth-order valence-electron chi connectivity index (χ4n) is 9.20. The molecule has 0 aromatic heterocycles. The molecule has 0 unspecified atom stereocenters. The average Bonchev–Trinajstić information content (AvgIpc) is 3.48. The summed E-state index contributed by atoms with van der Waals surface area (Å²) in [5, 5.41) is 7.70. The van der Waals surface area contributed by atoms with Crippen molar-refractivity contribution in [2.24, 2.45) is 0 Å². The van der Waals surface area contributed by atoms with Gasteiger partial charge in [-0.25, -0.2) is 10.0 Å². The van der Waals surface area contributed by atoms with Gasteiger partial charge in [-0.1, -0.05) is 170 Å². The molecule has 1 heteroatoms. The molecule has 54 heavy (non-hydrogen) atoms. The molecule has 0 amide bonds. The third-order valence-electron chi connectivity index (χ3n) is 11.4. The summed E-state index contributed by atoms with van der Waals surface area (Å²) in [5.41, 5.74) is 12.0. The highest BCUT2D eigenvalue weighted by Gasteiger charge is 2.46. The van der Waals surface area contributed by atoms with Crippen LogP contribution in [0.1, 0.15) is 29.2 Å². The molecule has 0 aliphatic heterocycles. The molecule has 8 aromatic carbocycles. The fourth-order valence-corrected chi connectivity index (χ4v) is 10.5. The van der Waals surface area contributed by atoms with Crippen LogP contribution in [0, 0.1) is 0 Å². The first kappa shape index (κ1) is 33.9. The minimum atomic E-state index is -0.882. The van der Waals surface area contributed by atoms with Gasteiger partial charge in [0.15, 0.2) is 0 Å². The van der Waals surface area contributed by atoms with Gasteiger partial charge in [0.1, 0.15) is 0 Å². The number of hydrogen-bond donors (Lipinski definition) is 0. The number of hydrogen-bond acceptors (Lipinski definition) is 0. The van der Waals surface area contributed by atoms with Crippen molar-refractivity contribution in [2.45, 2.75) is 17.2 Å². The van der Waals surface area contributed by atoms with Crippen LogP contribution >= 0.6 is 10.0 Å². The van der Waals surface area contributed by atoms with Crippen molar-refractivity contribution >= 4 is 47.9 Å². The molecule has 0 nitrogen and oxygen atoms in total. The van der Waals surface area contributed by atoms with E-state index in [0.717, 1.165) is 0 Å². The van der Waals surface area contributed by atoms with Crippen molar-refractivity contribution in [3.05, 3.63) is 216 Å². The van der Waals surface area contributed by atoms with Crippen molar-refractivity contribution in [2.75, 3.05) is 18.8 Å². The Morgan fingerprint density at radius 3 is 1.56 bits per heavy atom. The van der Waals surface area contributed by atoms with Gasteiger partial charge in [-0.15, -0.1) is 0 Å². The molecular formula is C53H44S. The summed E-state index contributed by atoms with van der Waals surface area (Å²) in [6.07, 6.45) is 13.7. The number of fused-ring (bicyclic) bond motifs is 4. The van der Waals surface area contributed by atoms with E-state index in [-0.39, 0.29) is 0 Å². The number of rotatable bonds is 7. The van der Waals surface area contributed by atoms with Gasteiger partial charge in [-0.2, -0.15) is 0 Å². The van der Waals surface area contributed by atoms with Crippen LogP contribution in [-0.4, -0.2) is 18.8 Å². The first-order valence-electron chi connectivity index (χ1n) is 18.8. The predicted octanol–water partition coefficient (Wildman–Crippen LogP) is 14.4. The predicted molar refractivity (Wildman–Crippen MR) is 238 cm³/mol. The minimum absolute atomic E-state index is 0.481. The lowest BCUT2D eigenvalue weighted by Crippen LogP contribution is -2.29. The molecule has 1 aliphatic rings. The van der Waals surface area contributed by atoms with E-state index in [2.05, 4.69) is 214 Å². The van der Waals surface area contributed by atoms with Crippen molar-refractivity contribution in [3.8, 4) is 22.3 Å². The normalized spacial score (nSPS) is 14.3. The van der Waals surface area contributed by atoms with Gasteiger partial charge in [0.05, 0.1) is 5.41 Å². The molecule has 0 saturated carbocycles. The molecular weight excluding hydrogens is 669 g/mol. The monoisotopic (exact) mass is 712 g/mol. The van der Waals surface area contributed by atoms with Crippen molar-refractivity contribution in [1.29, 1.82) is 0 Å². The van der Waals surface area contributed by atoms with Gasteiger partial charge in [0.25, 0.3) is 0 Å². The summed E-state index contributed by atoms with van der Waals surface area (Å²) < 4.78 is 0. The Kier molecular flexibility index (Phi) is 8.29. The first-order chi connectivity index (χ1) is 26.4. The Morgan fingerprint density at radius 2 is 1.04 bits per heavy atom. The molecule has 0 heterocycles. The van der Waals surface area contributed by atoms with E-state index >= 15 is 0 Å². The number of allylic oxidation sites excluding steroid dienone is 5. The van der Waals surface area contributed by atoms with Gasteiger partial charge in [-0.3, -0.25) is 0 Å². The van der Waals surface area contributed by atoms with Gasteiger partial charge >= 0.3 is 0 Å². The van der Waals surface area contributed by atoms with Gasteiger partial charge in [0, 0.05) is 0 Å². The topological polar surface area (TPSA) is 0 Å². The second-order valence-electron chi connectivity index (χ2n) is 15.1. The number of benzene rings is 8. The summed E-state index contributed by atoms with van der Waals surface area (Å²) in [6, 6.07) is 61.0. The summed E-state index contributed by atoms with van der Waals surface area (Å²) in [4.78, 5) is 1.46. The Balaban J connectivity index is 1.33. The van der Waals surface area contributed by atoms with Crippen LogP contribution in [0.2, 0.25) is 0 Å². The molecule has 8 aromatic rings. The lowest BCUT2D eigenvalue weighted by Gasteiger charge is -2.35. The Labute approximate surface area is 321 Å². The zero-order chi connectivity index (χ0) is 37.0. The second kappa shape index (κ2) is 13.2. The van der Waals surface area contributed by atoms with Gasteiger partial charge < -0.3 is 0 Å². The lowest BCUT2D eigenvalue weighted by molar-refractivity contribution is 0.761. The van der Waals surface area contributed by atoms with E-state index in [1.807, 2.05) is 0 Å². The quantitative estimate of drug-likeness (QED) is 0.144. The molecule has 262 valence electrons. The van der Waals surface area contributed by atoms with Crippen LogP contribution in [-0.2, 0) is 5.41 Å². The van der Waals surface area contributed by atoms with E-state index < -0.39 is 15.4 Å². The van der Waals surface area contributed by atoms with Crippen LogP contribution in [0.15, 0.2) is 199 Å². The second-order valence-corrected chi connectivity index (χ2v) is 19.3. The van der Waals surface area contributed by atoms with E-state index in [9.17, 15) is 0 Å². The van der Waals surface area contributed by atoms with Crippen molar-refractivity contribution < 1.29 is 0 Å². The third kappa shape index (κ3) is 5.14. The Hall–Kier alpha value is -5.89. The summed E-state index contributed by atoms with van der Waals surface area (Å²) in [6.45, 7) is 6.54. The SMILES string of the molecule is C=CC1=C(/C=C\C)C(c2ccccc2)(c2ccccc2)c2ccc(-c3c4ccccc4c(-c4ccc5c(S(C)(C)C)cccc5c4)c4ccccc34)cc21. The Morgan fingerprint density at radius 1 is 0.519 bits per heavy atom. The molecule has 1 aliphatic carbocycles. The fraction of sp³-hybridized carbons (Fsp3) is 0.0943. The highest BCUT2D eigenvalue weighted by atomic mass is 32.3. The highest BCUT2D eigenvalue weighted by Crippen LogP contribution is 2.56. The molecule has 0 radical (unpaired) electrons. The zero-order valence-corrected chi connectivity index (χ0v) is 32.3. The molecule has 0 fully saturated rings. The van der Waals surface area contributed by atoms with Crippen LogP contribution in [0.4, 0.5) is 0 Å². The lowest BCUT2D eigenvalue weighted by atomic mass is 9.66. The summed E-state index contributed by atoms with van der Waals surface area (Å²) in [7, 11) is -0.882. The van der Waals surface area contributed by atoms with Gasteiger partial charge in [-0.05, 0) is 137 Å². The minimum Gasteiger partial charge on any atom is -0.223 e. The summed E-state index contributed by atoms with van der Waals surface area (Å²) >= 11 is 0. The van der Waals surface area contributed by atoms with E-state index in [1.54, 1.807) is 0 Å². The van der Waals surface area contributed by atoms with Crippen molar-refractivity contribution in [3.63, 3.8) is 0 Å². The van der Waals surface area contributed by atoms with Crippen LogP contribution < -0.4 is 0 Å². The zero-order valence-electron chi connectivity index (χ0n) is 31.4. The van der Waals surface area contributed by atoms with Crippen LogP contribution in [0.5, 0.6) is 0 Å². The smallest absolute Gasteiger partial charge is 0.0713 e. The van der Waals surface area contributed by atoms with Crippen molar-refractivity contribution in [1.82, 2.24) is 0 Å². The molecule has 9 rings (SSSR count). The third-order valence-corrected chi connectivity index (χ3v) is 13.0. The first-order valence-corrected chi connectivity index (χ1v) is 21.6. The molecule has 0 bridgehead atoms. The maximum absolute atomic E-state index is 4.42. The van der Waals surface area contributed by atoms with Crippen LogP contribution in [0.3, 0.4) is 0 Å². The molecule has 0 N–H and O–H groups in total. The average molecular weight is 713 g/mol. The molecule has 0 spiro atoms. The summed E-state index contributed by atoms with van der Waals surface area (Å²) in [5.74, 6) is 0.